The van der Waals surface area contributed by atoms with Crippen molar-refractivity contribution in [3.05, 3.63) is 35.1 Å². The van der Waals surface area contributed by atoms with E-state index < -0.39 is 5.82 Å². The van der Waals surface area contributed by atoms with Crippen molar-refractivity contribution in [3.8, 4) is 11.8 Å². The topological polar surface area (TPSA) is 46.3 Å². The minimum atomic E-state index is -0.402. The SMILES string of the molecule is CC1CC1CN(C)C(=O)c1ccc(F)cc1C#CCN. The van der Waals surface area contributed by atoms with Crippen molar-refractivity contribution in [1.82, 2.24) is 4.90 Å². The average molecular weight is 274 g/mol. The van der Waals surface area contributed by atoms with Gasteiger partial charge in [0.15, 0.2) is 0 Å². The summed E-state index contributed by atoms with van der Waals surface area (Å²) in [7, 11) is 1.77. The maximum Gasteiger partial charge on any atom is 0.254 e. The van der Waals surface area contributed by atoms with Crippen LogP contribution < -0.4 is 5.73 Å². The van der Waals surface area contributed by atoms with Gasteiger partial charge in [0, 0.05) is 19.2 Å². The van der Waals surface area contributed by atoms with Gasteiger partial charge in [0.1, 0.15) is 5.82 Å². The molecule has 1 amide bonds. The second-order valence-corrected chi connectivity index (χ2v) is 5.35. The van der Waals surface area contributed by atoms with E-state index in [0.717, 1.165) is 6.54 Å². The van der Waals surface area contributed by atoms with E-state index in [4.69, 9.17) is 5.73 Å². The van der Waals surface area contributed by atoms with Crippen LogP contribution in [0.15, 0.2) is 18.2 Å². The lowest BCUT2D eigenvalue weighted by atomic mass is 10.1. The van der Waals surface area contributed by atoms with Crippen LogP contribution >= 0.6 is 0 Å². The van der Waals surface area contributed by atoms with Crippen LogP contribution in [0, 0.1) is 29.5 Å². The van der Waals surface area contributed by atoms with Gasteiger partial charge in [-0.1, -0.05) is 18.8 Å². The highest BCUT2D eigenvalue weighted by Crippen LogP contribution is 2.38. The fraction of sp³-hybridized carbons (Fsp3) is 0.438. The first-order valence-corrected chi connectivity index (χ1v) is 6.77. The number of nitrogens with zero attached hydrogens (tertiary/aromatic N) is 1. The van der Waals surface area contributed by atoms with Gasteiger partial charge < -0.3 is 10.6 Å². The monoisotopic (exact) mass is 274 g/mol. The molecule has 1 aliphatic rings. The summed E-state index contributed by atoms with van der Waals surface area (Å²) in [6, 6.07) is 4.06. The van der Waals surface area contributed by atoms with Crippen LogP contribution in [0.25, 0.3) is 0 Å². The minimum absolute atomic E-state index is 0.120. The fourth-order valence-electron chi connectivity index (χ4n) is 2.25. The smallest absolute Gasteiger partial charge is 0.254 e. The Balaban J connectivity index is 2.19. The summed E-state index contributed by atoms with van der Waals surface area (Å²) < 4.78 is 13.3. The summed E-state index contributed by atoms with van der Waals surface area (Å²) in [5.41, 5.74) is 6.16. The molecule has 2 N–H and O–H groups in total. The third-order valence-electron chi connectivity index (χ3n) is 3.67. The van der Waals surface area contributed by atoms with Gasteiger partial charge in [0.25, 0.3) is 5.91 Å². The standard InChI is InChI=1S/C16H19FN2O/c1-11-8-13(11)10-19(2)16(20)15-6-5-14(17)9-12(15)4-3-7-18/h5-6,9,11,13H,7-8,10,18H2,1-2H3. The molecule has 1 aliphatic carbocycles. The Bertz CT molecular complexity index is 574. The van der Waals surface area contributed by atoms with Gasteiger partial charge in [-0.2, -0.15) is 0 Å². The first-order valence-electron chi connectivity index (χ1n) is 6.77. The van der Waals surface area contributed by atoms with Crippen molar-refractivity contribution < 1.29 is 9.18 Å². The summed E-state index contributed by atoms with van der Waals surface area (Å²) in [5, 5.41) is 0. The molecular weight excluding hydrogens is 255 g/mol. The number of hydrogen-bond acceptors (Lipinski definition) is 2. The number of carbonyl (C=O) groups excluding carboxylic acids is 1. The van der Waals surface area contributed by atoms with Crippen LogP contribution in [-0.4, -0.2) is 30.9 Å². The molecule has 0 radical (unpaired) electrons. The predicted molar refractivity (Wildman–Crippen MR) is 76.6 cm³/mol. The van der Waals surface area contributed by atoms with E-state index in [0.29, 0.717) is 23.0 Å². The molecule has 0 aliphatic heterocycles. The van der Waals surface area contributed by atoms with E-state index in [1.165, 1.54) is 24.6 Å². The van der Waals surface area contributed by atoms with Crippen LogP contribution in [0.3, 0.4) is 0 Å². The third-order valence-corrected chi connectivity index (χ3v) is 3.67. The largest absolute Gasteiger partial charge is 0.341 e. The van der Waals surface area contributed by atoms with Crippen LogP contribution in [0.2, 0.25) is 0 Å². The van der Waals surface area contributed by atoms with Crippen molar-refractivity contribution in [3.63, 3.8) is 0 Å². The van der Waals surface area contributed by atoms with Crippen molar-refractivity contribution >= 4 is 5.91 Å². The molecule has 0 aromatic heterocycles. The summed E-state index contributed by atoms with van der Waals surface area (Å²) in [4.78, 5) is 14.1. The Morgan fingerprint density at radius 3 is 2.85 bits per heavy atom. The van der Waals surface area contributed by atoms with Crippen molar-refractivity contribution in [2.45, 2.75) is 13.3 Å². The molecule has 2 unspecified atom stereocenters. The van der Waals surface area contributed by atoms with E-state index >= 15 is 0 Å². The fourth-order valence-corrected chi connectivity index (χ4v) is 2.25. The molecular formula is C16H19FN2O. The lowest BCUT2D eigenvalue weighted by molar-refractivity contribution is 0.0786. The number of carbonyl (C=O) groups is 1. The lowest BCUT2D eigenvalue weighted by Crippen LogP contribution is -2.29. The van der Waals surface area contributed by atoms with Gasteiger partial charge in [-0.05, 0) is 36.5 Å². The van der Waals surface area contributed by atoms with Gasteiger partial charge >= 0.3 is 0 Å². The Kier molecular flexibility index (Phi) is 4.41. The van der Waals surface area contributed by atoms with E-state index in [1.54, 1.807) is 11.9 Å². The van der Waals surface area contributed by atoms with E-state index in [2.05, 4.69) is 18.8 Å². The average Bonchev–Trinajstić information content (AvgIpc) is 3.11. The molecule has 4 heteroatoms. The molecule has 1 aromatic rings. The van der Waals surface area contributed by atoms with Crippen LogP contribution in [-0.2, 0) is 0 Å². The van der Waals surface area contributed by atoms with Crippen LogP contribution in [0.4, 0.5) is 4.39 Å². The molecule has 1 saturated carbocycles. The number of benzene rings is 1. The molecule has 2 rings (SSSR count). The van der Waals surface area contributed by atoms with Gasteiger partial charge in [-0.3, -0.25) is 4.79 Å². The summed E-state index contributed by atoms with van der Waals surface area (Å²) >= 11 is 0. The zero-order valence-electron chi connectivity index (χ0n) is 11.8. The number of halogens is 1. The summed E-state index contributed by atoms with van der Waals surface area (Å²) in [6.07, 6.45) is 1.17. The van der Waals surface area contributed by atoms with E-state index in [9.17, 15) is 9.18 Å². The quantitative estimate of drug-likeness (QED) is 0.855. The molecule has 1 fully saturated rings. The minimum Gasteiger partial charge on any atom is -0.341 e. The summed E-state index contributed by atoms with van der Waals surface area (Å²) in [5.74, 6) is 6.19. The first-order chi connectivity index (χ1) is 9.52. The Labute approximate surface area is 119 Å². The van der Waals surface area contributed by atoms with E-state index in [1.807, 2.05) is 0 Å². The molecule has 20 heavy (non-hydrogen) atoms. The third kappa shape index (κ3) is 3.37. The zero-order valence-corrected chi connectivity index (χ0v) is 11.8. The maximum atomic E-state index is 13.3. The molecule has 106 valence electrons. The first kappa shape index (κ1) is 14.5. The Hall–Kier alpha value is -1.86. The van der Waals surface area contributed by atoms with Gasteiger partial charge in [-0.25, -0.2) is 4.39 Å². The second kappa shape index (κ2) is 6.06. The highest BCUT2D eigenvalue weighted by molar-refractivity contribution is 5.96. The van der Waals surface area contributed by atoms with Crippen molar-refractivity contribution in [2.75, 3.05) is 20.1 Å². The number of amides is 1. The number of rotatable bonds is 3. The highest BCUT2D eigenvalue weighted by Gasteiger charge is 2.34. The van der Waals surface area contributed by atoms with Gasteiger partial charge in [-0.15, -0.1) is 0 Å². The molecule has 0 bridgehead atoms. The lowest BCUT2D eigenvalue weighted by Gasteiger charge is -2.18. The normalized spacial score (nSPS) is 20.0. The van der Waals surface area contributed by atoms with Gasteiger partial charge in [0.05, 0.1) is 12.1 Å². The Morgan fingerprint density at radius 1 is 1.55 bits per heavy atom. The zero-order chi connectivity index (χ0) is 14.7. The maximum absolute atomic E-state index is 13.3. The summed E-state index contributed by atoms with van der Waals surface area (Å²) in [6.45, 7) is 3.10. The molecule has 0 saturated heterocycles. The van der Waals surface area contributed by atoms with Crippen LogP contribution in [0.5, 0.6) is 0 Å². The molecule has 1 aromatic carbocycles. The van der Waals surface area contributed by atoms with Crippen molar-refractivity contribution in [1.29, 1.82) is 0 Å². The highest BCUT2D eigenvalue weighted by atomic mass is 19.1. The number of hydrogen-bond donors (Lipinski definition) is 1. The molecule has 2 atom stereocenters. The predicted octanol–water partition coefficient (Wildman–Crippen LogP) is 1.86. The van der Waals surface area contributed by atoms with Gasteiger partial charge in [0.2, 0.25) is 0 Å². The molecule has 3 nitrogen and oxygen atoms in total. The second-order valence-electron chi connectivity index (χ2n) is 5.35. The number of nitrogens with two attached hydrogens (primary N) is 1. The molecule has 0 heterocycles. The molecule has 0 spiro atoms. The van der Waals surface area contributed by atoms with Crippen LogP contribution in [0.1, 0.15) is 29.3 Å². The van der Waals surface area contributed by atoms with Crippen molar-refractivity contribution in [2.24, 2.45) is 17.6 Å². The van der Waals surface area contributed by atoms with E-state index in [-0.39, 0.29) is 12.5 Å². The Morgan fingerprint density at radius 2 is 2.25 bits per heavy atom.